The summed E-state index contributed by atoms with van der Waals surface area (Å²) in [4.78, 5) is 13.3. The summed E-state index contributed by atoms with van der Waals surface area (Å²) in [6.07, 6.45) is 23.1. The number of nitrogens with zero attached hydrogens (tertiary/aromatic N) is 3. The third-order valence-electron chi connectivity index (χ3n) is 5.61. The van der Waals surface area contributed by atoms with Crippen LogP contribution in [0.5, 0.6) is 0 Å². The molecule has 2 aromatic heterocycles. The zero-order chi connectivity index (χ0) is 21.3. The fourth-order valence-electron chi connectivity index (χ4n) is 3.82. The van der Waals surface area contributed by atoms with Crippen LogP contribution < -0.4 is 5.32 Å². The highest BCUT2D eigenvalue weighted by molar-refractivity contribution is 5.56. The molecule has 0 aliphatic heterocycles. The first-order valence-corrected chi connectivity index (χ1v) is 12.3. The number of aryl methyl sites for hydroxylation is 1. The van der Waals surface area contributed by atoms with Crippen LogP contribution in [-0.2, 0) is 0 Å². The molecule has 4 nitrogen and oxygen atoms in total. The van der Waals surface area contributed by atoms with Crippen molar-refractivity contribution < 1.29 is 0 Å². The predicted molar refractivity (Wildman–Crippen MR) is 129 cm³/mol. The number of hydrogen-bond donors (Lipinski definition) is 1. The smallest absolute Gasteiger partial charge is 0.163 e. The van der Waals surface area contributed by atoms with Gasteiger partial charge in [-0.2, -0.15) is 0 Å². The van der Waals surface area contributed by atoms with E-state index < -0.39 is 0 Å². The predicted octanol–water partition coefficient (Wildman–Crippen LogP) is 7.74. The quantitative estimate of drug-likeness (QED) is 0.271. The van der Waals surface area contributed by atoms with Crippen molar-refractivity contribution in [3.63, 3.8) is 0 Å². The number of anilines is 1. The van der Waals surface area contributed by atoms with E-state index >= 15 is 0 Å². The number of unbranched alkanes of at least 4 members (excludes halogenated alkanes) is 13. The van der Waals surface area contributed by atoms with E-state index in [-0.39, 0.29) is 0 Å². The van der Waals surface area contributed by atoms with Gasteiger partial charge in [0.05, 0.1) is 0 Å². The molecule has 30 heavy (non-hydrogen) atoms. The molecule has 0 aromatic carbocycles. The lowest BCUT2D eigenvalue weighted by atomic mass is 10.0. The Morgan fingerprint density at radius 1 is 0.767 bits per heavy atom. The fourth-order valence-corrected chi connectivity index (χ4v) is 3.82. The largest absolute Gasteiger partial charge is 0.370 e. The maximum atomic E-state index is 4.65. The topological polar surface area (TPSA) is 50.7 Å². The molecule has 0 aliphatic carbocycles. The molecule has 0 saturated heterocycles. The van der Waals surface area contributed by atoms with Crippen molar-refractivity contribution in [1.82, 2.24) is 15.0 Å². The van der Waals surface area contributed by atoms with Gasteiger partial charge in [0, 0.05) is 36.3 Å². The number of aromatic nitrogens is 3. The van der Waals surface area contributed by atoms with Crippen molar-refractivity contribution in [2.45, 2.75) is 104 Å². The van der Waals surface area contributed by atoms with Gasteiger partial charge in [-0.3, -0.25) is 4.98 Å². The SMILES string of the molecule is CCCCCCCCCCCCCCCCNc1cc(C)nc(-c2cccnc2)n1. The van der Waals surface area contributed by atoms with E-state index in [1.165, 1.54) is 89.9 Å². The Kier molecular flexibility index (Phi) is 12.8. The van der Waals surface area contributed by atoms with Gasteiger partial charge in [0.2, 0.25) is 0 Å². The highest BCUT2D eigenvalue weighted by Gasteiger charge is 2.04. The Morgan fingerprint density at radius 2 is 1.37 bits per heavy atom. The maximum absolute atomic E-state index is 4.65. The van der Waals surface area contributed by atoms with Gasteiger partial charge in [0.25, 0.3) is 0 Å². The van der Waals surface area contributed by atoms with E-state index in [4.69, 9.17) is 0 Å². The molecule has 0 fully saturated rings. The Hall–Kier alpha value is -1.97. The Labute approximate surface area is 184 Å². The van der Waals surface area contributed by atoms with Crippen LogP contribution in [0.25, 0.3) is 11.4 Å². The molecule has 2 aromatic rings. The van der Waals surface area contributed by atoms with Gasteiger partial charge >= 0.3 is 0 Å². The number of nitrogens with one attached hydrogen (secondary N) is 1. The van der Waals surface area contributed by atoms with Gasteiger partial charge in [0.15, 0.2) is 5.82 Å². The van der Waals surface area contributed by atoms with E-state index in [1.807, 2.05) is 31.3 Å². The van der Waals surface area contributed by atoms with Crippen LogP contribution in [0.1, 0.15) is 103 Å². The summed E-state index contributed by atoms with van der Waals surface area (Å²) in [5.41, 5.74) is 1.94. The Bertz CT molecular complexity index is 672. The first kappa shape index (κ1) is 24.3. The average Bonchev–Trinajstić information content (AvgIpc) is 2.76. The monoisotopic (exact) mass is 410 g/mol. The Balaban J connectivity index is 1.47. The molecule has 0 bridgehead atoms. The first-order chi connectivity index (χ1) is 14.8. The minimum atomic E-state index is 0.742. The second-order valence-corrected chi connectivity index (χ2v) is 8.48. The molecule has 0 aliphatic rings. The number of rotatable bonds is 17. The van der Waals surface area contributed by atoms with Crippen molar-refractivity contribution in [2.24, 2.45) is 0 Å². The lowest BCUT2D eigenvalue weighted by Crippen LogP contribution is -2.05. The normalized spacial score (nSPS) is 11.0. The summed E-state index contributed by atoms with van der Waals surface area (Å²) >= 11 is 0. The molecular weight excluding hydrogens is 368 g/mol. The van der Waals surface area contributed by atoms with Crippen molar-refractivity contribution in [3.05, 3.63) is 36.3 Å². The molecule has 0 unspecified atom stereocenters. The number of hydrogen-bond acceptors (Lipinski definition) is 4. The average molecular weight is 411 g/mol. The fraction of sp³-hybridized carbons (Fsp3) is 0.654. The molecule has 1 N–H and O–H groups in total. The van der Waals surface area contributed by atoms with Crippen LogP contribution >= 0.6 is 0 Å². The first-order valence-electron chi connectivity index (χ1n) is 12.3. The van der Waals surface area contributed by atoms with Gasteiger partial charge < -0.3 is 5.32 Å². The molecule has 0 saturated carbocycles. The van der Waals surface area contributed by atoms with Crippen LogP contribution in [0, 0.1) is 6.92 Å². The van der Waals surface area contributed by atoms with Crippen molar-refractivity contribution in [3.8, 4) is 11.4 Å². The van der Waals surface area contributed by atoms with Gasteiger partial charge in [0.1, 0.15) is 5.82 Å². The second-order valence-electron chi connectivity index (χ2n) is 8.48. The summed E-state index contributed by atoms with van der Waals surface area (Å²) in [7, 11) is 0. The van der Waals surface area contributed by atoms with E-state index in [0.29, 0.717) is 0 Å². The van der Waals surface area contributed by atoms with Crippen molar-refractivity contribution in [2.75, 3.05) is 11.9 Å². The van der Waals surface area contributed by atoms with Gasteiger partial charge in [-0.05, 0) is 25.5 Å². The molecular formula is C26H42N4. The van der Waals surface area contributed by atoms with Crippen LogP contribution in [-0.4, -0.2) is 21.5 Å². The summed E-state index contributed by atoms with van der Waals surface area (Å²) in [6, 6.07) is 5.94. The van der Waals surface area contributed by atoms with E-state index in [2.05, 4.69) is 27.2 Å². The zero-order valence-corrected chi connectivity index (χ0v) is 19.3. The molecule has 166 valence electrons. The van der Waals surface area contributed by atoms with Crippen molar-refractivity contribution in [1.29, 1.82) is 0 Å². The minimum Gasteiger partial charge on any atom is -0.370 e. The lowest BCUT2D eigenvalue weighted by Gasteiger charge is -2.08. The maximum Gasteiger partial charge on any atom is 0.163 e. The molecule has 2 rings (SSSR count). The van der Waals surface area contributed by atoms with Crippen LogP contribution in [0.4, 0.5) is 5.82 Å². The van der Waals surface area contributed by atoms with E-state index in [9.17, 15) is 0 Å². The molecule has 0 spiro atoms. The van der Waals surface area contributed by atoms with Gasteiger partial charge in [-0.15, -0.1) is 0 Å². The third kappa shape index (κ3) is 10.7. The van der Waals surface area contributed by atoms with Crippen LogP contribution in [0.2, 0.25) is 0 Å². The molecule has 0 atom stereocenters. The highest BCUT2D eigenvalue weighted by atomic mass is 15.0. The van der Waals surface area contributed by atoms with Crippen molar-refractivity contribution >= 4 is 5.82 Å². The van der Waals surface area contributed by atoms with Gasteiger partial charge in [-0.25, -0.2) is 9.97 Å². The van der Waals surface area contributed by atoms with Crippen LogP contribution in [0.15, 0.2) is 30.6 Å². The standard InChI is InChI=1S/C26H42N4/c1-3-4-5-6-7-8-9-10-11-12-13-14-15-16-20-28-25-21-23(2)29-26(30-25)24-18-17-19-27-22-24/h17-19,21-22H,3-16,20H2,1-2H3,(H,28,29,30). The number of pyridine rings is 1. The summed E-state index contributed by atoms with van der Waals surface area (Å²) in [5, 5.41) is 3.47. The van der Waals surface area contributed by atoms with Gasteiger partial charge in [-0.1, -0.05) is 90.4 Å². The molecule has 0 radical (unpaired) electrons. The van der Waals surface area contributed by atoms with Crippen LogP contribution in [0.3, 0.4) is 0 Å². The molecule has 2 heterocycles. The summed E-state index contributed by atoms with van der Waals surface area (Å²) < 4.78 is 0. The minimum absolute atomic E-state index is 0.742. The highest BCUT2D eigenvalue weighted by Crippen LogP contribution is 2.17. The molecule has 0 amide bonds. The summed E-state index contributed by atoms with van der Waals surface area (Å²) in [6.45, 7) is 5.27. The third-order valence-corrected chi connectivity index (χ3v) is 5.61. The molecule has 4 heteroatoms. The van der Waals surface area contributed by atoms with E-state index in [1.54, 1.807) is 6.20 Å². The second kappa shape index (κ2) is 15.8. The van der Waals surface area contributed by atoms with E-state index in [0.717, 1.165) is 29.4 Å². The zero-order valence-electron chi connectivity index (χ0n) is 19.3. The summed E-state index contributed by atoms with van der Waals surface area (Å²) in [5.74, 6) is 1.66. The Morgan fingerprint density at radius 3 is 1.93 bits per heavy atom. The lowest BCUT2D eigenvalue weighted by molar-refractivity contribution is 0.537.